The number of carbonyl (C=O) groups is 2. The lowest BCUT2D eigenvalue weighted by Crippen LogP contribution is -2.38. The maximum absolute atomic E-state index is 13.6. The van der Waals surface area contributed by atoms with E-state index in [-0.39, 0.29) is 28.6 Å². The first-order valence-electron chi connectivity index (χ1n) is 12.4. The molecule has 0 aliphatic carbocycles. The van der Waals surface area contributed by atoms with Crippen molar-refractivity contribution in [3.05, 3.63) is 51.8 Å². The molecule has 8 nitrogen and oxygen atoms in total. The molecule has 2 aromatic carbocycles. The standard InChI is InChI=1S/C26H27F3N3O5S2/c1-4-37-25(34)23-30-21(24(33)32-13-11-15(2)12-14-32)22(38-23)19-9-10-20(18-8-6-5-7-17(18)19)39(35,36)31-16(3)26(27,28)29/h5-10,15-16H,4,11-14H2,1-3H3/q-1/t16-/m0/s1. The zero-order valence-electron chi connectivity index (χ0n) is 21.5. The number of sulfonamides is 1. The second kappa shape index (κ2) is 11.2. The quantitative estimate of drug-likeness (QED) is 0.315. The normalized spacial score (nSPS) is 15.9. The van der Waals surface area contributed by atoms with Crippen LogP contribution in [-0.2, 0) is 14.8 Å². The van der Waals surface area contributed by atoms with Crippen LogP contribution in [0.4, 0.5) is 13.2 Å². The Kier molecular flexibility index (Phi) is 8.33. The van der Waals surface area contributed by atoms with Crippen molar-refractivity contribution >= 4 is 44.0 Å². The van der Waals surface area contributed by atoms with Crippen LogP contribution in [0.1, 0.15) is 53.9 Å². The molecule has 13 heteroatoms. The molecule has 1 aliphatic heterocycles. The number of hydrogen-bond donors (Lipinski definition) is 0. The van der Waals surface area contributed by atoms with Gasteiger partial charge in [-0.2, -0.15) is 13.2 Å². The Morgan fingerprint density at radius 3 is 2.41 bits per heavy atom. The molecule has 1 amide bonds. The number of benzene rings is 2. The zero-order valence-corrected chi connectivity index (χ0v) is 23.1. The number of halogens is 3. The van der Waals surface area contributed by atoms with Crippen LogP contribution >= 0.6 is 11.3 Å². The van der Waals surface area contributed by atoms with E-state index in [1.807, 2.05) is 0 Å². The molecule has 0 bridgehead atoms. The second-order valence-corrected chi connectivity index (χ2v) is 11.9. The van der Waals surface area contributed by atoms with Gasteiger partial charge in [0.05, 0.1) is 16.4 Å². The van der Waals surface area contributed by atoms with Gasteiger partial charge in [0.1, 0.15) is 15.7 Å². The van der Waals surface area contributed by atoms with E-state index >= 15 is 0 Å². The fraction of sp³-hybridized carbons (Fsp3) is 0.423. The third-order valence-corrected chi connectivity index (χ3v) is 9.10. The highest BCUT2D eigenvalue weighted by Crippen LogP contribution is 2.40. The summed E-state index contributed by atoms with van der Waals surface area (Å²) in [6, 6.07) is 6.39. The minimum absolute atomic E-state index is 0.0321. The first-order chi connectivity index (χ1) is 18.3. The maximum Gasteiger partial charge on any atom is 0.374 e. The molecule has 3 aromatic rings. The highest BCUT2D eigenvalue weighted by Gasteiger charge is 2.32. The third-order valence-electron chi connectivity index (χ3n) is 6.53. The van der Waals surface area contributed by atoms with Crippen molar-refractivity contribution in [3.8, 4) is 10.4 Å². The third kappa shape index (κ3) is 6.10. The lowest BCUT2D eigenvalue weighted by atomic mass is 9.98. The summed E-state index contributed by atoms with van der Waals surface area (Å²) in [6.45, 7) is 5.59. The van der Waals surface area contributed by atoms with Gasteiger partial charge in [0.2, 0.25) is 5.01 Å². The predicted octanol–water partition coefficient (Wildman–Crippen LogP) is 6.03. The number of esters is 1. The van der Waals surface area contributed by atoms with Crippen LogP contribution in [0.2, 0.25) is 0 Å². The summed E-state index contributed by atoms with van der Waals surface area (Å²) in [5.74, 6) is -0.583. The number of hydrogen-bond acceptors (Lipinski definition) is 7. The smallest absolute Gasteiger partial charge is 0.374 e. The van der Waals surface area contributed by atoms with Gasteiger partial charge in [0, 0.05) is 18.7 Å². The monoisotopic (exact) mass is 582 g/mol. The highest BCUT2D eigenvalue weighted by molar-refractivity contribution is 7.94. The summed E-state index contributed by atoms with van der Waals surface area (Å²) in [6.07, 6.45) is -3.17. The van der Waals surface area contributed by atoms with E-state index in [0.29, 0.717) is 41.8 Å². The summed E-state index contributed by atoms with van der Waals surface area (Å²) in [5.41, 5.74) is 0.448. The summed E-state index contributed by atoms with van der Waals surface area (Å²) in [4.78, 5) is 32.1. The van der Waals surface area contributed by atoms with Crippen LogP contribution in [0.25, 0.3) is 25.9 Å². The highest BCUT2D eigenvalue weighted by atomic mass is 32.2. The van der Waals surface area contributed by atoms with Gasteiger partial charge in [0.15, 0.2) is 0 Å². The zero-order chi connectivity index (χ0) is 28.5. The Labute approximate surface area is 228 Å². The van der Waals surface area contributed by atoms with Gasteiger partial charge >= 0.3 is 12.1 Å². The molecular weight excluding hydrogens is 555 g/mol. The minimum Gasteiger partial charge on any atom is -0.535 e. The van der Waals surface area contributed by atoms with Crippen molar-refractivity contribution in [3.63, 3.8) is 0 Å². The van der Waals surface area contributed by atoms with Gasteiger partial charge in [-0.3, -0.25) is 4.79 Å². The fourth-order valence-electron chi connectivity index (χ4n) is 4.31. The molecule has 0 spiro atoms. The lowest BCUT2D eigenvalue weighted by Gasteiger charge is -2.30. The van der Waals surface area contributed by atoms with E-state index in [1.54, 1.807) is 30.0 Å². The average molecular weight is 583 g/mol. The van der Waals surface area contributed by atoms with Crippen LogP contribution < -0.4 is 0 Å². The number of piperidine rings is 1. The van der Waals surface area contributed by atoms with Crippen LogP contribution in [0.15, 0.2) is 41.3 Å². The molecule has 0 saturated carbocycles. The van der Waals surface area contributed by atoms with E-state index < -0.39 is 33.1 Å². The number of amides is 1. The molecular formula is C26H27F3N3O5S2-. The van der Waals surface area contributed by atoms with Crippen molar-refractivity contribution in [1.82, 2.24) is 9.88 Å². The number of fused-ring (bicyclic) bond motifs is 1. The summed E-state index contributed by atoms with van der Waals surface area (Å²) in [5, 5.41) is 0.452. The molecule has 210 valence electrons. The van der Waals surface area contributed by atoms with Crippen molar-refractivity contribution in [2.24, 2.45) is 5.92 Å². The molecule has 1 saturated heterocycles. The number of likely N-dealkylation sites (tertiary alicyclic amines) is 1. The van der Waals surface area contributed by atoms with Crippen molar-refractivity contribution < 1.29 is 35.9 Å². The lowest BCUT2D eigenvalue weighted by molar-refractivity contribution is -0.135. The van der Waals surface area contributed by atoms with Gasteiger partial charge in [-0.15, -0.1) is 11.3 Å². The molecule has 0 unspecified atom stereocenters. The van der Waals surface area contributed by atoms with E-state index in [4.69, 9.17) is 4.74 Å². The molecule has 4 rings (SSSR count). The molecule has 1 fully saturated rings. The SMILES string of the molecule is CCOC(=O)c1nc(C(=O)N2CCC(C)CC2)c(-c2ccc(S(=O)(=O)[N-][C@@H](C)C(F)(F)F)c3ccccc23)s1. The second-order valence-electron chi connectivity index (χ2n) is 9.35. The number of thiazole rings is 1. The Hall–Kier alpha value is -3.03. The van der Waals surface area contributed by atoms with Gasteiger partial charge in [0.25, 0.3) is 5.91 Å². The summed E-state index contributed by atoms with van der Waals surface area (Å²) in [7, 11) is -4.69. The average Bonchev–Trinajstić information content (AvgIpc) is 3.33. The molecule has 1 aliphatic rings. The van der Waals surface area contributed by atoms with Gasteiger partial charge in [-0.25, -0.2) is 18.2 Å². The molecule has 2 heterocycles. The molecule has 1 atom stereocenters. The Morgan fingerprint density at radius 2 is 1.79 bits per heavy atom. The molecule has 1 aromatic heterocycles. The van der Waals surface area contributed by atoms with Crippen LogP contribution in [-0.4, -0.2) is 62.1 Å². The van der Waals surface area contributed by atoms with Gasteiger partial charge < -0.3 is 14.4 Å². The fourth-order valence-corrected chi connectivity index (χ4v) is 6.64. The maximum atomic E-state index is 13.6. The van der Waals surface area contributed by atoms with Gasteiger partial charge in [-0.05, 0) is 48.6 Å². The number of rotatable bonds is 7. The van der Waals surface area contributed by atoms with Crippen molar-refractivity contribution in [1.29, 1.82) is 0 Å². The Morgan fingerprint density at radius 1 is 1.15 bits per heavy atom. The summed E-state index contributed by atoms with van der Waals surface area (Å²) >= 11 is 0.941. The van der Waals surface area contributed by atoms with Crippen LogP contribution in [0.3, 0.4) is 0 Å². The molecule has 0 radical (unpaired) electrons. The topological polar surface area (TPSA) is 108 Å². The number of alkyl halides is 3. The number of carbonyl (C=O) groups excluding carboxylic acids is 2. The van der Waals surface area contributed by atoms with Crippen LogP contribution in [0, 0.1) is 5.92 Å². The molecule has 39 heavy (non-hydrogen) atoms. The van der Waals surface area contributed by atoms with Gasteiger partial charge in [-0.1, -0.05) is 44.2 Å². The van der Waals surface area contributed by atoms with Crippen LogP contribution in [0.5, 0.6) is 0 Å². The Bertz CT molecular complexity index is 1500. The van der Waals surface area contributed by atoms with Crippen molar-refractivity contribution in [2.45, 2.75) is 50.7 Å². The Balaban J connectivity index is 1.85. The summed E-state index contributed by atoms with van der Waals surface area (Å²) < 4.78 is 73.2. The number of nitrogens with zero attached hydrogens (tertiary/aromatic N) is 3. The molecule has 0 N–H and O–H groups in total. The number of ether oxygens (including phenoxy) is 1. The first kappa shape index (κ1) is 29.0. The van der Waals surface area contributed by atoms with E-state index in [9.17, 15) is 31.2 Å². The predicted molar refractivity (Wildman–Crippen MR) is 141 cm³/mol. The minimum atomic E-state index is -4.82. The van der Waals surface area contributed by atoms with Crippen molar-refractivity contribution in [2.75, 3.05) is 19.7 Å². The van der Waals surface area contributed by atoms with E-state index in [0.717, 1.165) is 24.2 Å². The largest absolute Gasteiger partial charge is 0.535 e. The number of aromatic nitrogens is 1. The van der Waals surface area contributed by atoms with E-state index in [1.165, 1.54) is 18.2 Å². The first-order valence-corrected chi connectivity index (χ1v) is 14.6. The van der Waals surface area contributed by atoms with E-state index in [2.05, 4.69) is 16.6 Å².